The minimum atomic E-state index is -0.354. The first-order valence-corrected chi connectivity index (χ1v) is 9.06. The fourth-order valence-electron chi connectivity index (χ4n) is 3.31. The number of amides is 3. The van der Waals surface area contributed by atoms with Crippen LogP contribution in [0.2, 0.25) is 0 Å². The van der Waals surface area contributed by atoms with Gasteiger partial charge < -0.3 is 24.4 Å². The summed E-state index contributed by atoms with van der Waals surface area (Å²) in [6.07, 6.45) is 1.43. The molecule has 3 amide bonds. The molecule has 1 atom stereocenters. The lowest BCUT2D eigenvalue weighted by atomic mass is 9.89. The molecule has 2 saturated heterocycles. The lowest BCUT2D eigenvalue weighted by molar-refractivity contribution is -0.167. The Kier molecular flexibility index (Phi) is 5.17. The van der Waals surface area contributed by atoms with E-state index in [0.717, 1.165) is 0 Å². The highest BCUT2D eigenvalue weighted by Crippen LogP contribution is 2.30. The van der Waals surface area contributed by atoms with Gasteiger partial charge in [-0.1, -0.05) is 19.0 Å². The van der Waals surface area contributed by atoms with Gasteiger partial charge in [0.15, 0.2) is 5.82 Å². The van der Waals surface area contributed by atoms with Crippen molar-refractivity contribution < 1.29 is 18.8 Å². The molecule has 0 radical (unpaired) electrons. The lowest BCUT2D eigenvalue weighted by Gasteiger charge is -2.46. The van der Waals surface area contributed by atoms with Crippen LogP contribution < -0.4 is 5.32 Å². The molecule has 0 bridgehead atoms. The van der Waals surface area contributed by atoms with Gasteiger partial charge in [0.25, 0.3) is 0 Å². The topological polar surface area (TPSA) is 101 Å². The SMILES string of the molecule is CC(C)c1noc([C@H](C)NC(=O)N2CCC3(CC2)CN(C)C(=O)CO3)n1. The van der Waals surface area contributed by atoms with E-state index in [4.69, 9.17) is 9.26 Å². The normalized spacial score (nSPS) is 21.3. The first kappa shape index (κ1) is 18.6. The van der Waals surface area contributed by atoms with Crippen LogP contribution in [0, 0.1) is 0 Å². The van der Waals surface area contributed by atoms with E-state index in [1.54, 1.807) is 16.8 Å². The van der Waals surface area contributed by atoms with Crippen LogP contribution in [-0.4, -0.2) is 70.8 Å². The van der Waals surface area contributed by atoms with Crippen molar-refractivity contribution in [1.29, 1.82) is 0 Å². The molecule has 3 heterocycles. The van der Waals surface area contributed by atoms with E-state index in [2.05, 4.69) is 15.5 Å². The molecule has 2 fully saturated rings. The number of hydrogen-bond acceptors (Lipinski definition) is 6. The molecule has 1 aromatic rings. The second-order valence-electron chi connectivity index (χ2n) is 7.53. The molecular formula is C17H27N5O4. The number of likely N-dealkylation sites (N-methyl/N-ethyl adjacent to an activating group) is 1. The Bertz CT molecular complexity index is 666. The summed E-state index contributed by atoms with van der Waals surface area (Å²) in [5.41, 5.74) is -0.330. The third-order valence-electron chi connectivity index (χ3n) is 5.10. The van der Waals surface area contributed by atoms with E-state index in [0.29, 0.717) is 44.2 Å². The number of nitrogens with zero attached hydrogens (tertiary/aromatic N) is 4. The van der Waals surface area contributed by atoms with Crippen LogP contribution in [-0.2, 0) is 9.53 Å². The Morgan fingerprint density at radius 1 is 1.27 bits per heavy atom. The quantitative estimate of drug-likeness (QED) is 0.866. The van der Waals surface area contributed by atoms with Crippen molar-refractivity contribution in [3.63, 3.8) is 0 Å². The van der Waals surface area contributed by atoms with Gasteiger partial charge in [-0.25, -0.2) is 4.79 Å². The average Bonchev–Trinajstić information content (AvgIpc) is 3.10. The summed E-state index contributed by atoms with van der Waals surface area (Å²) < 4.78 is 11.0. The number of hydrogen-bond donors (Lipinski definition) is 1. The third kappa shape index (κ3) is 3.82. The highest BCUT2D eigenvalue weighted by molar-refractivity contribution is 5.78. The molecule has 0 unspecified atom stereocenters. The zero-order valence-corrected chi connectivity index (χ0v) is 15.8. The number of morpholine rings is 1. The summed E-state index contributed by atoms with van der Waals surface area (Å²) in [6, 6.07) is -0.509. The molecule has 9 nitrogen and oxygen atoms in total. The number of carbonyl (C=O) groups is 2. The molecule has 0 aliphatic carbocycles. The van der Waals surface area contributed by atoms with Crippen LogP contribution in [0.3, 0.4) is 0 Å². The molecule has 9 heteroatoms. The van der Waals surface area contributed by atoms with E-state index in [9.17, 15) is 9.59 Å². The average molecular weight is 365 g/mol. The van der Waals surface area contributed by atoms with Gasteiger partial charge in [0.05, 0.1) is 5.60 Å². The molecule has 1 spiro atoms. The molecule has 2 aliphatic heterocycles. The molecule has 1 N–H and O–H groups in total. The second kappa shape index (κ2) is 7.22. The Labute approximate surface area is 153 Å². The van der Waals surface area contributed by atoms with Gasteiger partial charge in [-0.3, -0.25) is 4.79 Å². The number of ether oxygens (including phenoxy) is 1. The van der Waals surface area contributed by atoms with Crippen LogP contribution in [0.5, 0.6) is 0 Å². The zero-order valence-electron chi connectivity index (χ0n) is 15.8. The van der Waals surface area contributed by atoms with E-state index in [-0.39, 0.29) is 36.1 Å². The molecule has 0 aromatic carbocycles. The molecule has 144 valence electrons. The number of rotatable bonds is 3. The third-order valence-corrected chi connectivity index (χ3v) is 5.10. The molecule has 0 saturated carbocycles. The highest BCUT2D eigenvalue weighted by Gasteiger charge is 2.42. The maximum Gasteiger partial charge on any atom is 0.318 e. The van der Waals surface area contributed by atoms with Gasteiger partial charge in [0, 0.05) is 32.6 Å². The van der Waals surface area contributed by atoms with Crippen molar-refractivity contribution >= 4 is 11.9 Å². The smallest absolute Gasteiger partial charge is 0.318 e. The van der Waals surface area contributed by atoms with E-state index >= 15 is 0 Å². The molecule has 26 heavy (non-hydrogen) atoms. The van der Waals surface area contributed by atoms with Gasteiger partial charge in [-0.15, -0.1) is 0 Å². The van der Waals surface area contributed by atoms with Crippen LogP contribution in [0.15, 0.2) is 4.52 Å². The summed E-state index contributed by atoms with van der Waals surface area (Å²) in [4.78, 5) is 31.9. The predicted octanol–water partition coefficient (Wildman–Crippen LogP) is 1.29. The summed E-state index contributed by atoms with van der Waals surface area (Å²) in [5.74, 6) is 1.22. The minimum absolute atomic E-state index is 0.00458. The number of carbonyl (C=O) groups excluding carboxylic acids is 2. The predicted molar refractivity (Wildman–Crippen MR) is 92.5 cm³/mol. The summed E-state index contributed by atoms with van der Waals surface area (Å²) in [5, 5.41) is 6.84. The van der Waals surface area contributed by atoms with Gasteiger partial charge in [-0.05, 0) is 19.8 Å². The van der Waals surface area contributed by atoms with Gasteiger partial charge in [0.1, 0.15) is 12.6 Å². The minimum Gasteiger partial charge on any atom is -0.363 e. The number of aromatic nitrogens is 2. The van der Waals surface area contributed by atoms with Crippen LogP contribution >= 0.6 is 0 Å². The van der Waals surface area contributed by atoms with Crippen LogP contribution in [0.25, 0.3) is 0 Å². The van der Waals surface area contributed by atoms with Crippen LogP contribution in [0.4, 0.5) is 4.79 Å². The fraction of sp³-hybridized carbons (Fsp3) is 0.765. The Morgan fingerprint density at radius 2 is 1.96 bits per heavy atom. The molecule has 1 aromatic heterocycles. The van der Waals surface area contributed by atoms with E-state index < -0.39 is 0 Å². The van der Waals surface area contributed by atoms with Gasteiger partial charge in [-0.2, -0.15) is 4.98 Å². The van der Waals surface area contributed by atoms with Crippen molar-refractivity contribution in [3.8, 4) is 0 Å². The fourth-order valence-corrected chi connectivity index (χ4v) is 3.31. The number of urea groups is 1. The maximum atomic E-state index is 12.5. The van der Waals surface area contributed by atoms with Crippen LogP contribution in [0.1, 0.15) is 57.3 Å². The largest absolute Gasteiger partial charge is 0.363 e. The highest BCUT2D eigenvalue weighted by atomic mass is 16.5. The monoisotopic (exact) mass is 365 g/mol. The first-order chi connectivity index (χ1) is 12.3. The summed E-state index contributed by atoms with van der Waals surface area (Å²) in [6.45, 7) is 7.67. The lowest BCUT2D eigenvalue weighted by Crippen LogP contribution is -2.59. The summed E-state index contributed by atoms with van der Waals surface area (Å²) in [7, 11) is 1.79. The number of likely N-dealkylation sites (tertiary alicyclic amines) is 1. The molecule has 2 aliphatic rings. The Balaban J connectivity index is 1.52. The summed E-state index contributed by atoms with van der Waals surface area (Å²) >= 11 is 0. The Hall–Kier alpha value is -2.16. The van der Waals surface area contributed by atoms with Crippen molar-refractivity contribution in [2.45, 2.75) is 51.2 Å². The number of nitrogens with one attached hydrogen (secondary N) is 1. The van der Waals surface area contributed by atoms with Gasteiger partial charge >= 0.3 is 6.03 Å². The second-order valence-corrected chi connectivity index (χ2v) is 7.53. The van der Waals surface area contributed by atoms with Crippen molar-refractivity contribution in [2.24, 2.45) is 0 Å². The van der Waals surface area contributed by atoms with E-state index in [1.807, 2.05) is 20.8 Å². The van der Waals surface area contributed by atoms with Crippen molar-refractivity contribution in [2.75, 3.05) is 33.3 Å². The standard InChI is InChI=1S/C17H27N5O4/c1-11(2)14-19-15(26-20-14)12(3)18-16(24)22-7-5-17(6-8-22)10-21(4)13(23)9-25-17/h11-12H,5-10H2,1-4H3,(H,18,24)/t12-/m0/s1. The maximum absolute atomic E-state index is 12.5. The van der Waals surface area contributed by atoms with Crippen molar-refractivity contribution in [1.82, 2.24) is 25.3 Å². The molecular weight excluding hydrogens is 338 g/mol. The Morgan fingerprint density at radius 3 is 2.54 bits per heavy atom. The molecule has 3 rings (SSSR count). The van der Waals surface area contributed by atoms with Gasteiger partial charge in [0.2, 0.25) is 11.8 Å². The van der Waals surface area contributed by atoms with E-state index in [1.165, 1.54) is 0 Å². The van der Waals surface area contributed by atoms with Crippen molar-refractivity contribution in [3.05, 3.63) is 11.7 Å². The first-order valence-electron chi connectivity index (χ1n) is 9.06. The zero-order chi connectivity index (χ0) is 18.9. The number of piperidine rings is 1.